The molecule has 0 bridgehead atoms. The summed E-state index contributed by atoms with van der Waals surface area (Å²) in [5.74, 6) is 3.17. The van der Waals surface area contributed by atoms with Crippen LogP contribution < -0.4 is 52.1 Å². The lowest BCUT2D eigenvalue weighted by Crippen LogP contribution is -2.61. The Morgan fingerprint density at radius 3 is 1.16 bits per heavy atom. The molecule has 21 rings (SSSR count). The SMILES string of the molecule is CC(C)(C)c1ccc2c(c1)c1cc(C#N)ccc1n2-c1ccc2c(c1)N(c1ccccc1-c1ccccc1)c1cc(-c3cc4c5c(c3)Oc3cc(-c6ccccc6)ccc3B5c3ccccc3O4)cc3c1B2c1ccc(-n2c4ccc(C(C)(C)C)cc4c4cc(C(C)(C)C)ccc42)cc1N3c1ccccc1-c1ccccc1. The highest BCUT2D eigenvalue weighted by Crippen LogP contribution is 2.53. The second-order valence-electron chi connectivity index (χ2n) is 33.9. The molecule has 0 fully saturated rings. The van der Waals surface area contributed by atoms with Crippen molar-refractivity contribution in [3.05, 3.63) is 338 Å². The van der Waals surface area contributed by atoms with Gasteiger partial charge in [-0.15, -0.1) is 0 Å². The van der Waals surface area contributed by atoms with Crippen LogP contribution in [-0.4, -0.2) is 22.6 Å². The van der Waals surface area contributed by atoms with Gasteiger partial charge < -0.3 is 28.4 Å². The second-order valence-corrected chi connectivity index (χ2v) is 33.9. The van der Waals surface area contributed by atoms with Gasteiger partial charge in [0.15, 0.2) is 0 Å². The van der Waals surface area contributed by atoms with Gasteiger partial charge in [-0.2, -0.15) is 5.26 Å². The number of fused-ring (bicyclic) bond motifs is 14. The number of anilines is 6. The molecule has 0 saturated heterocycles. The average Bonchev–Trinajstić information content (AvgIpc) is 1.06. The number of benzene rings is 15. The maximum atomic E-state index is 10.6. The van der Waals surface area contributed by atoms with Gasteiger partial charge in [-0.1, -0.05) is 250 Å². The minimum absolute atomic E-state index is 0.0755. The summed E-state index contributed by atoms with van der Waals surface area (Å²) in [6.45, 7) is 20.3. The van der Waals surface area contributed by atoms with Crippen LogP contribution in [0.25, 0.3) is 99.5 Å². The highest BCUT2D eigenvalue weighted by Gasteiger charge is 2.46. The number of hydrogen-bond donors (Lipinski definition) is 0. The molecule has 0 N–H and O–H groups in total. The van der Waals surface area contributed by atoms with Crippen molar-refractivity contribution in [1.82, 2.24) is 9.13 Å². The molecule has 0 saturated carbocycles. The summed E-state index contributed by atoms with van der Waals surface area (Å²) in [4.78, 5) is 5.19. The van der Waals surface area contributed by atoms with E-state index in [0.717, 1.165) is 162 Å². The van der Waals surface area contributed by atoms with Gasteiger partial charge in [0.2, 0.25) is 0 Å². The van der Waals surface area contributed by atoms with Gasteiger partial charge in [0.05, 0.1) is 45.1 Å². The van der Waals surface area contributed by atoms with Gasteiger partial charge in [0.25, 0.3) is 13.4 Å². The molecule has 6 heterocycles. The van der Waals surface area contributed by atoms with Crippen molar-refractivity contribution in [2.45, 2.75) is 78.6 Å². The summed E-state index contributed by atoms with van der Waals surface area (Å²) in [7, 11) is 0. The number of ether oxygens (including phenoxy) is 2. The van der Waals surface area contributed by atoms with E-state index >= 15 is 0 Å². The fraction of sp³-hybridized carbons (Fsp3) is 0.117. The van der Waals surface area contributed by atoms with Crippen LogP contribution in [0, 0.1) is 11.3 Å². The van der Waals surface area contributed by atoms with Crippen LogP contribution in [0.1, 0.15) is 84.6 Å². The molecule has 0 atom stereocenters. The fourth-order valence-corrected chi connectivity index (χ4v) is 18.5. The Morgan fingerprint density at radius 1 is 0.277 bits per heavy atom. The number of rotatable bonds is 8. The van der Waals surface area contributed by atoms with Crippen molar-refractivity contribution in [2.75, 3.05) is 9.80 Å². The standard InChI is InChI=1S/C103H79B2N5O2/c1-101(2,3)70-39-48-88-78(57-70)77-51-63(62-106)37-47-87(77)107(88)73-42-45-81-91(60-73)109(85-34-22-19-31-75(85)65-27-15-11-16-28-65)93-52-68(69-55-97-100-98(56-69)112-96-54-67(64-25-13-10-14-26-64)38-44-84(96)105(100)83-33-21-24-36-95(83)111-97)53-94-99(93)104(81)82-46-43-74(61-92(82)110(94)86-35-23-20-32-76(86)66-29-17-12-18-30-66)108-89-49-40-71(102(4,5)6)58-79(89)80-59-72(103(7,8)9)41-50-90(80)108/h10-61H,1-9H3. The predicted octanol–water partition coefficient (Wildman–Crippen LogP) is 23.1. The van der Waals surface area contributed by atoms with Crippen molar-refractivity contribution in [3.8, 4) is 84.9 Å². The third kappa shape index (κ3) is 10.5. The number of nitriles is 1. The van der Waals surface area contributed by atoms with E-state index in [2.05, 4.69) is 397 Å². The molecule has 2 aromatic heterocycles. The number of para-hydroxylation sites is 3. The zero-order valence-electron chi connectivity index (χ0n) is 64.2. The lowest BCUT2D eigenvalue weighted by Gasteiger charge is -2.45. The monoisotopic (exact) mass is 1440 g/mol. The van der Waals surface area contributed by atoms with Crippen molar-refractivity contribution in [3.63, 3.8) is 0 Å². The molecule has 15 aromatic carbocycles. The van der Waals surface area contributed by atoms with Crippen LogP contribution in [0.5, 0.6) is 23.0 Å². The maximum Gasteiger partial charge on any atom is 0.260 e. The molecule has 17 aromatic rings. The van der Waals surface area contributed by atoms with E-state index in [-0.39, 0.29) is 29.7 Å². The first kappa shape index (κ1) is 66.9. The van der Waals surface area contributed by atoms with Gasteiger partial charge >= 0.3 is 0 Å². The van der Waals surface area contributed by atoms with Crippen LogP contribution in [0.15, 0.2) is 315 Å². The third-order valence-electron chi connectivity index (χ3n) is 24.1. The van der Waals surface area contributed by atoms with Crippen LogP contribution in [0.2, 0.25) is 0 Å². The molecular weight excluding hydrogens is 1360 g/mol. The summed E-state index contributed by atoms with van der Waals surface area (Å²) < 4.78 is 19.7. The van der Waals surface area contributed by atoms with Gasteiger partial charge in [0.1, 0.15) is 23.0 Å². The summed E-state index contributed by atoms with van der Waals surface area (Å²) in [6, 6.07) is 120. The van der Waals surface area contributed by atoms with Crippen LogP contribution >= 0.6 is 0 Å². The van der Waals surface area contributed by atoms with Crippen LogP contribution in [0.4, 0.5) is 34.1 Å². The molecule has 534 valence electrons. The molecule has 112 heavy (non-hydrogen) atoms. The minimum atomic E-state index is -0.302. The summed E-state index contributed by atoms with van der Waals surface area (Å²) in [6.07, 6.45) is 0. The van der Waals surface area contributed by atoms with Gasteiger partial charge in [-0.05, 0) is 221 Å². The largest absolute Gasteiger partial charge is 0.458 e. The van der Waals surface area contributed by atoms with Crippen LogP contribution in [0.3, 0.4) is 0 Å². The predicted molar refractivity (Wildman–Crippen MR) is 469 cm³/mol. The molecule has 4 aliphatic rings. The minimum Gasteiger partial charge on any atom is -0.458 e. The van der Waals surface area contributed by atoms with Gasteiger partial charge in [-0.3, -0.25) is 0 Å². The van der Waals surface area contributed by atoms with Crippen molar-refractivity contribution < 1.29 is 9.47 Å². The first-order chi connectivity index (χ1) is 54.4. The Kier molecular flexibility index (Phi) is 14.9. The molecule has 4 aliphatic heterocycles. The Bertz CT molecular complexity index is 6790. The summed E-state index contributed by atoms with van der Waals surface area (Å²) in [5, 5.41) is 15.2. The maximum absolute atomic E-state index is 10.6. The molecule has 7 nitrogen and oxygen atoms in total. The van der Waals surface area contributed by atoms with Crippen LogP contribution in [-0.2, 0) is 16.2 Å². The zero-order valence-corrected chi connectivity index (χ0v) is 64.2. The Balaban J connectivity index is 0.883. The van der Waals surface area contributed by atoms with E-state index < -0.39 is 0 Å². The van der Waals surface area contributed by atoms with E-state index in [1.807, 2.05) is 6.07 Å². The molecule has 0 aliphatic carbocycles. The second kappa shape index (κ2) is 24.9. The summed E-state index contributed by atoms with van der Waals surface area (Å²) in [5.41, 5.74) is 32.2. The van der Waals surface area contributed by atoms with Crippen molar-refractivity contribution >= 4 is 124 Å². The molecular formula is C103H79B2N5O2. The highest BCUT2D eigenvalue weighted by atomic mass is 16.5. The molecule has 0 spiro atoms. The topological polar surface area (TPSA) is 58.6 Å². The average molecular weight is 1440 g/mol. The van der Waals surface area contributed by atoms with E-state index in [0.29, 0.717) is 5.56 Å². The highest BCUT2D eigenvalue weighted by molar-refractivity contribution is 7.00. The Morgan fingerprint density at radius 2 is 0.670 bits per heavy atom. The van der Waals surface area contributed by atoms with E-state index in [4.69, 9.17) is 9.47 Å². The third-order valence-corrected chi connectivity index (χ3v) is 24.1. The normalized spacial score (nSPS) is 13.3. The lowest BCUT2D eigenvalue weighted by molar-refractivity contribution is 0.465. The quantitative estimate of drug-likeness (QED) is 0.142. The Labute approximate surface area is 654 Å². The van der Waals surface area contributed by atoms with E-state index in [9.17, 15) is 5.26 Å². The molecule has 0 radical (unpaired) electrons. The lowest BCUT2D eigenvalue weighted by atomic mass is 9.33. The first-order valence-electron chi connectivity index (χ1n) is 39.1. The van der Waals surface area contributed by atoms with E-state index in [1.165, 1.54) is 43.9 Å². The van der Waals surface area contributed by atoms with Gasteiger partial charge in [-0.25, -0.2) is 0 Å². The number of aromatic nitrogens is 2. The van der Waals surface area contributed by atoms with Gasteiger partial charge in [0, 0.05) is 72.3 Å². The first-order valence-corrected chi connectivity index (χ1v) is 39.1. The Hall–Kier alpha value is -13.3. The van der Waals surface area contributed by atoms with Crippen molar-refractivity contribution in [1.29, 1.82) is 5.26 Å². The summed E-state index contributed by atoms with van der Waals surface area (Å²) >= 11 is 0. The van der Waals surface area contributed by atoms with E-state index in [1.54, 1.807) is 0 Å². The number of nitrogens with zero attached hydrogens (tertiary/aromatic N) is 5. The smallest absolute Gasteiger partial charge is 0.260 e. The number of hydrogen-bond acceptors (Lipinski definition) is 5. The van der Waals surface area contributed by atoms with Crippen molar-refractivity contribution in [2.24, 2.45) is 0 Å². The molecule has 0 amide bonds. The zero-order chi connectivity index (χ0) is 75.8. The molecule has 9 heteroatoms. The fourth-order valence-electron chi connectivity index (χ4n) is 18.5. The molecule has 0 unspecified atom stereocenters.